The van der Waals surface area contributed by atoms with Crippen LogP contribution < -0.4 is 4.74 Å². The number of amides is 2. The number of nitrogens with zero attached hydrogens (tertiary/aromatic N) is 2. The quantitative estimate of drug-likeness (QED) is 0.730. The maximum Gasteiger partial charge on any atom is 0.246 e. The minimum absolute atomic E-state index is 0.0212. The maximum absolute atomic E-state index is 13.6. The Morgan fingerprint density at radius 2 is 2.25 bits per heavy atom. The molecule has 0 aliphatic carbocycles. The van der Waals surface area contributed by atoms with Crippen molar-refractivity contribution >= 4 is 23.6 Å². The van der Waals surface area contributed by atoms with E-state index in [1.54, 1.807) is 18.9 Å². The van der Waals surface area contributed by atoms with Gasteiger partial charge in [-0.2, -0.15) is 0 Å². The van der Waals surface area contributed by atoms with Gasteiger partial charge in [0.15, 0.2) is 0 Å². The van der Waals surface area contributed by atoms with E-state index in [9.17, 15) is 9.59 Å². The summed E-state index contributed by atoms with van der Waals surface area (Å²) in [5, 5.41) is 0. The number of benzene rings is 1. The second-order valence-electron chi connectivity index (χ2n) is 7.93. The second kappa shape index (κ2) is 7.95. The molecule has 3 fully saturated rings. The molecule has 2 amide bonds. The minimum atomic E-state index is -0.388. The van der Waals surface area contributed by atoms with E-state index in [1.807, 2.05) is 34.1 Å². The third kappa shape index (κ3) is 3.62. The van der Waals surface area contributed by atoms with Crippen LogP contribution in [0, 0.1) is 0 Å². The fourth-order valence-electron chi connectivity index (χ4n) is 4.52. The zero-order valence-corrected chi connectivity index (χ0v) is 17.4. The molecule has 1 aromatic rings. The Morgan fingerprint density at radius 3 is 3.00 bits per heavy atom. The molecule has 0 spiro atoms. The smallest absolute Gasteiger partial charge is 0.246 e. The van der Waals surface area contributed by atoms with Crippen LogP contribution in [0.25, 0.3) is 0 Å². The molecule has 7 heteroatoms. The third-order valence-electron chi connectivity index (χ3n) is 6.04. The monoisotopic (exact) mass is 404 g/mol. The van der Waals surface area contributed by atoms with Crippen LogP contribution in [0.2, 0.25) is 0 Å². The van der Waals surface area contributed by atoms with Gasteiger partial charge in [-0.1, -0.05) is 18.2 Å². The summed E-state index contributed by atoms with van der Waals surface area (Å²) in [6, 6.07) is 7.40. The number of hydrogen-bond acceptors (Lipinski definition) is 5. The van der Waals surface area contributed by atoms with Gasteiger partial charge in [0, 0.05) is 37.4 Å². The Morgan fingerprint density at radius 1 is 1.43 bits per heavy atom. The summed E-state index contributed by atoms with van der Waals surface area (Å²) < 4.78 is 11.3. The van der Waals surface area contributed by atoms with Gasteiger partial charge in [0.1, 0.15) is 11.8 Å². The van der Waals surface area contributed by atoms with Crippen LogP contribution in [0.1, 0.15) is 38.2 Å². The lowest BCUT2D eigenvalue weighted by atomic mass is 10.1. The third-order valence-corrected chi connectivity index (χ3v) is 7.55. The molecular formula is C21H28N2O4S. The number of hydrogen-bond donors (Lipinski definition) is 0. The zero-order valence-electron chi connectivity index (χ0n) is 16.6. The first-order valence-corrected chi connectivity index (χ1v) is 11.0. The molecule has 3 saturated heterocycles. The standard InChI is InChI=1S/C21H28N2O4S/c1-21-10-9-19(24)23(21)17(14-28-21)20(25)22(13-16-7-5-11-27-16)12-15-6-3-4-8-18(15)26-2/h3-4,6,8,16-17H,5,7,9-14H2,1-2H3. The predicted octanol–water partition coefficient (Wildman–Crippen LogP) is 2.66. The SMILES string of the molecule is COc1ccccc1CN(CC1CCCO1)C(=O)C1CSC2(C)CCC(=O)N12. The summed E-state index contributed by atoms with van der Waals surface area (Å²) in [7, 11) is 1.65. The van der Waals surface area contributed by atoms with Gasteiger partial charge in [0.25, 0.3) is 0 Å². The molecule has 3 atom stereocenters. The van der Waals surface area contributed by atoms with Crippen molar-refractivity contribution in [2.24, 2.45) is 0 Å². The number of rotatable bonds is 6. The van der Waals surface area contributed by atoms with Crippen molar-refractivity contribution in [3.05, 3.63) is 29.8 Å². The van der Waals surface area contributed by atoms with Gasteiger partial charge in [0.2, 0.25) is 11.8 Å². The summed E-state index contributed by atoms with van der Waals surface area (Å²) in [6.07, 6.45) is 3.41. The van der Waals surface area contributed by atoms with E-state index in [2.05, 4.69) is 6.92 Å². The van der Waals surface area contributed by atoms with Crippen LogP contribution >= 0.6 is 11.8 Å². The van der Waals surface area contributed by atoms with Gasteiger partial charge in [-0.25, -0.2) is 0 Å². The van der Waals surface area contributed by atoms with Crippen LogP contribution in [0.3, 0.4) is 0 Å². The molecular weight excluding hydrogens is 376 g/mol. The molecule has 28 heavy (non-hydrogen) atoms. The Hall–Kier alpha value is -1.73. The van der Waals surface area contributed by atoms with E-state index in [0.29, 0.717) is 25.3 Å². The molecule has 3 aliphatic rings. The molecule has 0 aromatic heterocycles. The average molecular weight is 405 g/mol. The summed E-state index contributed by atoms with van der Waals surface area (Å²) in [5.41, 5.74) is 0.970. The molecule has 152 valence electrons. The normalized spacial score (nSPS) is 29.2. The highest BCUT2D eigenvalue weighted by atomic mass is 32.2. The molecule has 4 rings (SSSR count). The number of fused-ring (bicyclic) bond motifs is 1. The lowest BCUT2D eigenvalue weighted by Gasteiger charge is -2.34. The second-order valence-corrected chi connectivity index (χ2v) is 9.43. The zero-order chi connectivity index (χ0) is 19.7. The lowest BCUT2D eigenvalue weighted by molar-refractivity contribution is -0.145. The summed E-state index contributed by atoms with van der Waals surface area (Å²) in [5.74, 6) is 1.55. The van der Waals surface area contributed by atoms with Crippen LogP contribution in [-0.4, -0.2) is 64.6 Å². The van der Waals surface area contributed by atoms with Crippen LogP contribution in [-0.2, 0) is 20.9 Å². The summed E-state index contributed by atoms with van der Waals surface area (Å²) >= 11 is 1.73. The van der Waals surface area contributed by atoms with E-state index < -0.39 is 0 Å². The van der Waals surface area contributed by atoms with E-state index in [-0.39, 0.29) is 28.8 Å². The van der Waals surface area contributed by atoms with Gasteiger partial charge < -0.3 is 19.3 Å². The first-order valence-electron chi connectivity index (χ1n) is 10.0. The van der Waals surface area contributed by atoms with Crippen molar-refractivity contribution in [1.29, 1.82) is 0 Å². The molecule has 3 heterocycles. The molecule has 0 radical (unpaired) electrons. The number of thioether (sulfide) groups is 1. The molecule has 6 nitrogen and oxygen atoms in total. The number of carbonyl (C=O) groups is 2. The van der Waals surface area contributed by atoms with Gasteiger partial charge in [-0.3, -0.25) is 9.59 Å². The van der Waals surface area contributed by atoms with Crippen molar-refractivity contribution in [2.45, 2.75) is 56.2 Å². The first-order chi connectivity index (χ1) is 13.5. The number of methoxy groups -OCH3 is 1. The van der Waals surface area contributed by atoms with E-state index in [0.717, 1.165) is 37.2 Å². The van der Waals surface area contributed by atoms with Crippen molar-refractivity contribution in [3.8, 4) is 5.75 Å². The van der Waals surface area contributed by atoms with Crippen molar-refractivity contribution in [2.75, 3.05) is 26.0 Å². The average Bonchev–Trinajstić information content (AvgIpc) is 3.39. The van der Waals surface area contributed by atoms with Crippen LogP contribution in [0.15, 0.2) is 24.3 Å². The molecule has 0 bridgehead atoms. The minimum Gasteiger partial charge on any atom is -0.496 e. The van der Waals surface area contributed by atoms with Gasteiger partial charge >= 0.3 is 0 Å². The molecule has 0 saturated carbocycles. The molecule has 0 N–H and O–H groups in total. The largest absolute Gasteiger partial charge is 0.496 e. The lowest BCUT2D eigenvalue weighted by Crippen LogP contribution is -2.52. The number of carbonyl (C=O) groups excluding carboxylic acids is 2. The highest BCUT2D eigenvalue weighted by Crippen LogP contribution is 2.47. The topological polar surface area (TPSA) is 59.1 Å². The van der Waals surface area contributed by atoms with E-state index in [1.165, 1.54) is 0 Å². The molecule has 1 aromatic carbocycles. The number of para-hydroxylation sites is 1. The predicted molar refractivity (Wildman–Crippen MR) is 108 cm³/mol. The van der Waals surface area contributed by atoms with E-state index in [4.69, 9.17) is 9.47 Å². The van der Waals surface area contributed by atoms with Gasteiger partial charge in [0.05, 0.1) is 18.1 Å². The van der Waals surface area contributed by atoms with E-state index >= 15 is 0 Å². The summed E-state index contributed by atoms with van der Waals surface area (Å²) in [6.45, 7) is 3.85. The van der Waals surface area contributed by atoms with Crippen molar-refractivity contribution in [3.63, 3.8) is 0 Å². The fraction of sp³-hybridized carbons (Fsp3) is 0.619. The van der Waals surface area contributed by atoms with Crippen molar-refractivity contribution in [1.82, 2.24) is 9.80 Å². The highest BCUT2D eigenvalue weighted by molar-refractivity contribution is 8.01. The maximum atomic E-state index is 13.6. The van der Waals surface area contributed by atoms with Gasteiger partial charge in [-0.15, -0.1) is 11.8 Å². The highest BCUT2D eigenvalue weighted by Gasteiger charge is 2.53. The Balaban J connectivity index is 1.57. The Labute approximate surface area is 170 Å². The van der Waals surface area contributed by atoms with Crippen LogP contribution in [0.5, 0.6) is 5.75 Å². The Bertz CT molecular complexity index is 752. The van der Waals surface area contributed by atoms with Crippen LogP contribution in [0.4, 0.5) is 0 Å². The van der Waals surface area contributed by atoms with Crippen molar-refractivity contribution < 1.29 is 19.1 Å². The van der Waals surface area contributed by atoms with Gasteiger partial charge in [-0.05, 0) is 32.3 Å². The molecule has 3 unspecified atom stereocenters. The first kappa shape index (κ1) is 19.6. The number of ether oxygens (including phenoxy) is 2. The Kier molecular flexibility index (Phi) is 5.56. The fourth-order valence-corrected chi connectivity index (χ4v) is 5.94. The molecule has 3 aliphatic heterocycles. The summed E-state index contributed by atoms with van der Waals surface area (Å²) in [4.78, 5) is 29.6.